The largest absolute Gasteiger partial charge is 0.338 e. The number of hydrogen-bond donors (Lipinski definition) is 0. The van der Waals surface area contributed by atoms with Gasteiger partial charge in [0.05, 0.1) is 10.3 Å². The average Bonchev–Trinajstić information content (AvgIpc) is 2.64. The van der Waals surface area contributed by atoms with Gasteiger partial charge in [0.25, 0.3) is 0 Å². The highest BCUT2D eigenvalue weighted by molar-refractivity contribution is 8.00. The molecule has 5 nitrogen and oxygen atoms in total. The summed E-state index contributed by atoms with van der Waals surface area (Å²) < 4.78 is 0. The average molecular weight is 363 g/mol. The monoisotopic (exact) mass is 362 g/mol. The molecule has 3 rings (SSSR count). The first-order valence-corrected chi connectivity index (χ1v) is 9.13. The molecule has 1 unspecified atom stereocenters. The second kappa shape index (κ2) is 7.85. The number of hydrogen-bond acceptors (Lipinski definition) is 5. The SMILES string of the molecule is CC(Sc1ccccc1Cl)C(=O)N1CCN(c2ncccn2)CC1. The van der Waals surface area contributed by atoms with Crippen LogP contribution >= 0.6 is 23.4 Å². The Morgan fingerprint density at radius 1 is 1.12 bits per heavy atom. The third kappa shape index (κ3) is 3.99. The fourth-order valence-corrected chi connectivity index (χ4v) is 3.86. The summed E-state index contributed by atoms with van der Waals surface area (Å²) >= 11 is 7.69. The van der Waals surface area contributed by atoms with Crippen molar-refractivity contribution in [1.29, 1.82) is 0 Å². The van der Waals surface area contributed by atoms with Crippen molar-refractivity contribution in [3.8, 4) is 0 Å². The summed E-state index contributed by atoms with van der Waals surface area (Å²) in [5.74, 6) is 0.872. The number of benzene rings is 1. The van der Waals surface area contributed by atoms with Gasteiger partial charge in [-0.2, -0.15) is 0 Å². The molecule has 0 aliphatic carbocycles. The zero-order valence-electron chi connectivity index (χ0n) is 13.4. The summed E-state index contributed by atoms with van der Waals surface area (Å²) in [6.45, 7) is 4.80. The van der Waals surface area contributed by atoms with Crippen LogP contribution in [0.4, 0.5) is 5.95 Å². The highest BCUT2D eigenvalue weighted by Crippen LogP contribution is 2.30. The molecule has 7 heteroatoms. The predicted molar refractivity (Wildman–Crippen MR) is 97.6 cm³/mol. The molecule has 0 radical (unpaired) electrons. The van der Waals surface area contributed by atoms with Crippen molar-refractivity contribution >= 4 is 35.2 Å². The minimum Gasteiger partial charge on any atom is -0.338 e. The topological polar surface area (TPSA) is 49.3 Å². The molecule has 1 aromatic carbocycles. The summed E-state index contributed by atoms with van der Waals surface area (Å²) in [4.78, 5) is 26.2. The summed E-state index contributed by atoms with van der Waals surface area (Å²) in [6.07, 6.45) is 3.48. The highest BCUT2D eigenvalue weighted by Gasteiger charge is 2.26. The van der Waals surface area contributed by atoms with E-state index in [1.165, 1.54) is 11.8 Å². The Kier molecular flexibility index (Phi) is 5.58. The van der Waals surface area contributed by atoms with Crippen molar-refractivity contribution in [1.82, 2.24) is 14.9 Å². The van der Waals surface area contributed by atoms with Crippen LogP contribution in [-0.4, -0.2) is 52.2 Å². The number of carbonyl (C=O) groups excluding carboxylic acids is 1. The molecule has 24 heavy (non-hydrogen) atoms. The van der Waals surface area contributed by atoms with Gasteiger partial charge >= 0.3 is 0 Å². The first kappa shape index (κ1) is 17.0. The molecule has 0 bridgehead atoms. The lowest BCUT2D eigenvalue weighted by atomic mass is 10.3. The Hall–Kier alpha value is -1.79. The van der Waals surface area contributed by atoms with Gasteiger partial charge in [0, 0.05) is 43.5 Å². The minimum atomic E-state index is -0.163. The minimum absolute atomic E-state index is 0.147. The molecule has 126 valence electrons. The van der Waals surface area contributed by atoms with Crippen molar-refractivity contribution in [3.63, 3.8) is 0 Å². The smallest absolute Gasteiger partial charge is 0.235 e. The Morgan fingerprint density at radius 3 is 2.46 bits per heavy atom. The molecule has 1 aliphatic rings. The van der Waals surface area contributed by atoms with Crippen molar-refractivity contribution < 1.29 is 4.79 Å². The zero-order valence-corrected chi connectivity index (χ0v) is 15.0. The van der Waals surface area contributed by atoms with Crippen molar-refractivity contribution in [2.24, 2.45) is 0 Å². The van der Waals surface area contributed by atoms with Gasteiger partial charge in [0.15, 0.2) is 0 Å². The van der Waals surface area contributed by atoms with E-state index >= 15 is 0 Å². The molecule has 0 N–H and O–H groups in total. The molecule has 1 aliphatic heterocycles. The van der Waals surface area contributed by atoms with E-state index in [0.717, 1.165) is 23.9 Å². The molecule has 1 atom stereocenters. The van der Waals surface area contributed by atoms with Gasteiger partial charge < -0.3 is 9.80 Å². The van der Waals surface area contributed by atoms with Crippen molar-refractivity contribution in [2.75, 3.05) is 31.1 Å². The number of thioether (sulfide) groups is 1. The molecule has 0 spiro atoms. The number of anilines is 1. The van der Waals surface area contributed by atoms with Gasteiger partial charge in [-0.25, -0.2) is 9.97 Å². The van der Waals surface area contributed by atoms with Crippen LogP contribution in [0.25, 0.3) is 0 Å². The maximum absolute atomic E-state index is 12.7. The summed E-state index contributed by atoms with van der Waals surface area (Å²) in [7, 11) is 0. The van der Waals surface area contributed by atoms with Gasteiger partial charge in [0.2, 0.25) is 11.9 Å². The number of nitrogens with zero attached hydrogens (tertiary/aromatic N) is 4. The van der Waals surface area contributed by atoms with Gasteiger partial charge in [-0.1, -0.05) is 23.7 Å². The lowest BCUT2D eigenvalue weighted by Gasteiger charge is -2.35. The molecule has 2 aromatic rings. The summed E-state index contributed by atoms with van der Waals surface area (Å²) in [5.41, 5.74) is 0. The van der Waals surface area contributed by atoms with Crippen LogP contribution in [0.3, 0.4) is 0 Å². The highest BCUT2D eigenvalue weighted by atomic mass is 35.5. The van der Waals surface area contributed by atoms with E-state index < -0.39 is 0 Å². The van der Waals surface area contributed by atoms with Crippen LogP contribution in [0.5, 0.6) is 0 Å². The second-order valence-corrected chi connectivity index (χ2v) is 7.34. The maximum atomic E-state index is 12.7. The number of aromatic nitrogens is 2. The maximum Gasteiger partial charge on any atom is 0.235 e. The normalized spacial score (nSPS) is 16.1. The zero-order chi connectivity index (χ0) is 16.9. The Labute approximate surface area is 151 Å². The van der Waals surface area contributed by atoms with E-state index in [2.05, 4.69) is 14.9 Å². The van der Waals surface area contributed by atoms with Crippen LogP contribution in [0, 0.1) is 0 Å². The van der Waals surface area contributed by atoms with E-state index in [9.17, 15) is 4.79 Å². The molecular weight excluding hydrogens is 344 g/mol. The van der Waals surface area contributed by atoms with E-state index in [4.69, 9.17) is 11.6 Å². The molecule has 1 fully saturated rings. The number of halogens is 1. The van der Waals surface area contributed by atoms with Gasteiger partial charge in [-0.05, 0) is 25.1 Å². The van der Waals surface area contributed by atoms with E-state index in [1.807, 2.05) is 36.1 Å². The standard InChI is InChI=1S/C17H19ClN4OS/c1-13(24-15-6-3-2-5-14(15)18)16(23)21-9-11-22(12-10-21)17-19-7-4-8-20-17/h2-8,13H,9-12H2,1H3. The summed E-state index contributed by atoms with van der Waals surface area (Å²) in [6, 6.07) is 9.42. The van der Waals surface area contributed by atoms with E-state index in [0.29, 0.717) is 18.1 Å². The van der Waals surface area contributed by atoms with Gasteiger partial charge in [-0.15, -0.1) is 11.8 Å². The van der Waals surface area contributed by atoms with Crippen LogP contribution in [-0.2, 0) is 4.79 Å². The Morgan fingerprint density at radius 2 is 1.79 bits per heavy atom. The van der Waals surface area contributed by atoms with E-state index in [1.54, 1.807) is 18.5 Å². The van der Waals surface area contributed by atoms with Crippen molar-refractivity contribution in [2.45, 2.75) is 17.1 Å². The first-order chi connectivity index (χ1) is 11.6. The van der Waals surface area contributed by atoms with E-state index in [-0.39, 0.29) is 11.2 Å². The Balaban J connectivity index is 1.56. The Bertz CT molecular complexity index is 692. The quantitative estimate of drug-likeness (QED) is 0.782. The predicted octanol–water partition coefficient (Wildman–Crippen LogP) is 2.96. The second-order valence-electron chi connectivity index (χ2n) is 5.55. The van der Waals surface area contributed by atoms with Crippen molar-refractivity contribution in [3.05, 3.63) is 47.7 Å². The number of amides is 1. The van der Waals surface area contributed by atoms with Gasteiger partial charge in [-0.3, -0.25) is 4.79 Å². The lowest BCUT2D eigenvalue weighted by Crippen LogP contribution is -2.51. The van der Waals surface area contributed by atoms with Crippen LogP contribution in [0.1, 0.15) is 6.92 Å². The lowest BCUT2D eigenvalue weighted by molar-refractivity contribution is -0.130. The van der Waals surface area contributed by atoms with Gasteiger partial charge in [0.1, 0.15) is 0 Å². The molecule has 0 saturated carbocycles. The fourth-order valence-electron chi connectivity index (χ4n) is 2.62. The summed E-state index contributed by atoms with van der Waals surface area (Å²) in [5, 5.41) is 0.526. The molecule has 2 heterocycles. The first-order valence-electron chi connectivity index (χ1n) is 7.87. The molecule has 1 aromatic heterocycles. The van der Waals surface area contributed by atoms with Crippen LogP contribution < -0.4 is 4.90 Å². The van der Waals surface area contributed by atoms with Crippen LogP contribution in [0.2, 0.25) is 5.02 Å². The third-order valence-electron chi connectivity index (χ3n) is 3.91. The number of rotatable bonds is 4. The number of piperazine rings is 1. The molecule has 1 amide bonds. The number of carbonyl (C=O) groups is 1. The molecule has 1 saturated heterocycles. The van der Waals surface area contributed by atoms with Crippen LogP contribution in [0.15, 0.2) is 47.6 Å². The fraction of sp³-hybridized carbons (Fsp3) is 0.353. The third-order valence-corrected chi connectivity index (χ3v) is 5.52. The molecular formula is C17H19ClN4OS.